The number of piperidine rings is 1. The van der Waals surface area contributed by atoms with E-state index in [1.165, 1.54) is 10.4 Å². The number of nitrogens with zero attached hydrogens (tertiary/aromatic N) is 2. The van der Waals surface area contributed by atoms with E-state index in [4.69, 9.17) is 0 Å². The van der Waals surface area contributed by atoms with Crippen LogP contribution in [0.3, 0.4) is 0 Å². The van der Waals surface area contributed by atoms with Crippen molar-refractivity contribution in [3.63, 3.8) is 0 Å². The number of nitro groups is 1. The summed E-state index contributed by atoms with van der Waals surface area (Å²) in [6.07, 6.45) is 0.887. The number of sulfonamides is 1. The molecule has 1 aliphatic heterocycles. The highest BCUT2D eigenvalue weighted by molar-refractivity contribution is 7.89. The van der Waals surface area contributed by atoms with Gasteiger partial charge < -0.3 is 5.32 Å². The molecule has 0 radical (unpaired) electrons. The molecule has 9 heteroatoms. The zero-order valence-electron chi connectivity index (χ0n) is 13.7. The summed E-state index contributed by atoms with van der Waals surface area (Å²) in [5.74, 6) is -0.480. The first kappa shape index (κ1) is 18.3. The molecular weight excluding hydrogens is 334 g/mol. The Morgan fingerprint density at radius 3 is 2.54 bits per heavy atom. The van der Waals surface area contributed by atoms with Gasteiger partial charge in [-0.15, -0.1) is 0 Å². The molecule has 0 aliphatic carbocycles. The minimum absolute atomic E-state index is 0.0448. The van der Waals surface area contributed by atoms with Crippen LogP contribution in [0.15, 0.2) is 18.2 Å². The molecule has 1 heterocycles. The molecule has 1 fully saturated rings. The average Bonchev–Trinajstić information content (AvgIpc) is 2.56. The van der Waals surface area contributed by atoms with Crippen LogP contribution in [0.1, 0.15) is 25.3 Å². The summed E-state index contributed by atoms with van der Waals surface area (Å²) >= 11 is 0. The average molecular weight is 355 g/mol. The Balaban J connectivity index is 2.00. The molecule has 8 nitrogen and oxygen atoms in total. The fourth-order valence-electron chi connectivity index (χ4n) is 2.71. The molecule has 0 aromatic heterocycles. The molecule has 0 bridgehead atoms. The number of nitro benzene ring substituents is 1. The lowest BCUT2D eigenvalue weighted by Gasteiger charge is -2.30. The SMILES string of the molecule is CCS(=O)(=O)N1CCC(C(=O)Nc2ccc(C)c([N+](=O)[O-])c2)CC1. The molecule has 0 atom stereocenters. The van der Waals surface area contributed by atoms with Crippen LogP contribution < -0.4 is 5.32 Å². The van der Waals surface area contributed by atoms with Crippen molar-refractivity contribution < 1.29 is 18.1 Å². The highest BCUT2D eigenvalue weighted by atomic mass is 32.2. The molecule has 1 saturated heterocycles. The van der Waals surface area contributed by atoms with Crippen molar-refractivity contribution in [2.75, 3.05) is 24.2 Å². The lowest BCUT2D eigenvalue weighted by atomic mass is 9.97. The highest BCUT2D eigenvalue weighted by Crippen LogP contribution is 2.25. The van der Waals surface area contributed by atoms with E-state index in [0.29, 0.717) is 37.2 Å². The summed E-state index contributed by atoms with van der Waals surface area (Å²) in [7, 11) is -3.22. The monoisotopic (exact) mass is 355 g/mol. The molecule has 24 heavy (non-hydrogen) atoms. The third-order valence-corrected chi connectivity index (χ3v) is 6.14. The predicted octanol–water partition coefficient (Wildman–Crippen LogP) is 1.90. The van der Waals surface area contributed by atoms with Gasteiger partial charge in [0.25, 0.3) is 5.69 Å². The molecule has 132 valence electrons. The zero-order valence-corrected chi connectivity index (χ0v) is 14.5. The maximum Gasteiger partial charge on any atom is 0.274 e. The normalized spacial score (nSPS) is 16.8. The standard InChI is InChI=1S/C15H21N3O5S/c1-3-24(22,23)17-8-6-12(7-9-17)15(19)16-13-5-4-11(2)14(10-13)18(20)21/h4-5,10,12H,3,6-9H2,1-2H3,(H,16,19). The fourth-order valence-corrected chi connectivity index (χ4v) is 3.84. The summed E-state index contributed by atoms with van der Waals surface area (Å²) in [6, 6.07) is 4.55. The maximum atomic E-state index is 12.3. The minimum Gasteiger partial charge on any atom is -0.326 e. The Hall–Kier alpha value is -2.00. The molecule has 1 aromatic rings. The largest absolute Gasteiger partial charge is 0.326 e. The van der Waals surface area contributed by atoms with Crippen LogP contribution in [0, 0.1) is 23.0 Å². The van der Waals surface area contributed by atoms with Gasteiger partial charge in [-0.05, 0) is 32.8 Å². The summed E-state index contributed by atoms with van der Waals surface area (Å²) in [4.78, 5) is 22.8. The van der Waals surface area contributed by atoms with Crippen molar-refractivity contribution in [1.29, 1.82) is 0 Å². The molecule has 1 aromatic carbocycles. The van der Waals surface area contributed by atoms with Gasteiger partial charge in [0, 0.05) is 36.3 Å². The van der Waals surface area contributed by atoms with E-state index in [9.17, 15) is 23.3 Å². The number of anilines is 1. The van der Waals surface area contributed by atoms with Gasteiger partial charge >= 0.3 is 0 Å². The van der Waals surface area contributed by atoms with Gasteiger partial charge in [0.2, 0.25) is 15.9 Å². The van der Waals surface area contributed by atoms with E-state index in [0.717, 1.165) is 0 Å². The van der Waals surface area contributed by atoms with Crippen LogP contribution in [0.25, 0.3) is 0 Å². The van der Waals surface area contributed by atoms with Crippen molar-refractivity contribution in [2.24, 2.45) is 5.92 Å². The maximum absolute atomic E-state index is 12.3. The molecule has 1 amide bonds. The van der Waals surface area contributed by atoms with Crippen LogP contribution >= 0.6 is 0 Å². The second kappa shape index (κ2) is 7.27. The van der Waals surface area contributed by atoms with E-state index in [-0.39, 0.29) is 23.3 Å². The number of nitrogens with one attached hydrogen (secondary N) is 1. The van der Waals surface area contributed by atoms with E-state index < -0.39 is 14.9 Å². The molecular formula is C15H21N3O5S. The van der Waals surface area contributed by atoms with Gasteiger partial charge in [0.1, 0.15) is 0 Å². The van der Waals surface area contributed by atoms with Crippen molar-refractivity contribution in [1.82, 2.24) is 4.31 Å². The third kappa shape index (κ3) is 4.09. The Kier molecular flexibility index (Phi) is 5.55. The molecule has 0 saturated carbocycles. The quantitative estimate of drug-likeness (QED) is 0.641. The van der Waals surface area contributed by atoms with Crippen LogP contribution in [-0.2, 0) is 14.8 Å². The number of carbonyl (C=O) groups excluding carboxylic acids is 1. The van der Waals surface area contributed by atoms with Crippen LogP contribution in [0.2, 0.25) is 0 Å². The summed E-state index contributed by atoms with van der Waals surface area (Å²) < 4.78 is 25.0. The molecule has 1 aliphatic rings. The Bertz CT molecular complexity index is 739. The van der Waals surface area contributed by atoms with Crippen LogP contribution in [0.5, 0.6) is 0 Å². The third-order valence-electron chi connectivity index (χ3n) is 4.26. The summed E-state index contributed by atoms with van der Waals surface area (Å²) in [6.45, 7) is 3.87. The van der Waals surface area contributed by atoms with Gasteiger partial charge in [-0.25, -0.2) is 12.7 Å². The van der Waals surface area contributed by atoms with Crippen LogP contribution in [0.4, 0.5) is 11.4 Å². The van der Waals surface area contributed by atoms with Crippen LogP contribution in [-0.4, -0.2) is 42.4 Å². The summed E-state index contributed by atoms with van der Waals surface area (Å²) in [5.41, 5.74) is 0.855. The van der Waals surface area contributed by atoms with Crippen molar-refractivity contribution in [3.8, 4) is 0 Å². The number of hydrogen-bond donors (Lipinski definition) is 1. The Labute approximate surface area is 141 Å². The summed E-state index contributed by atoms with van der Waals surface area (Å²) in [5, 5.41) is 13.6. The first-order valence-corrected chi connectivity index (χ1v) is 9.39. The zero-order chi connectivity index (χ0) is 17.9. The van der Waals surface area contributed by atoms with Gasteiger partial charge in [-0.3, -0.25) is 14.9 Å². The number of rotatable bonds is 5. The number of carbonyl (C=O) groups is 1. The number of hydrogen-bond acceptors (Lipinski definition) is 5. The predicted molar refractivity (Wildman–Crippen MR) is 90.2 cm³/mol. The van der Waals surface area contributed by atoms with Gasteiger partial charge in [0.15, 0.2) is 0 Å². The Morgan fingerprint density at radius 2 is 2.00 bits per heavy atom. The van der Waals surface area contributed by atoms with Gasteiger partial charge in [-0.1, -0.05) is 6.07 Å². The molecule has 1 N–H and O–H groups in total. The van der Waals surface area contributed by atoms with Gasteiger partial charge in [0.05, 0.1) is 10.7 Å². The second-order valence-electron chi connectivity index (χ2n) is 5.82. The highest BCUT2D eigenvalue weighted by Gasteiger charge is 2.30. The number of amides is 1. The van der Waals surface area contributed by atoms with Gasteiger partial charge in [-0.2, -0.15) is 0 Å². The van der Waals surface area contributed by atoms with Crippen molar-refractivity contribution in [3.05, 3.63) is 33.9 Å². The minimum atomic E-state index is -3.22. The van der Waals surface area contributed by atoms with Crippen molar-refractivity contribution in [2.45, 2.75) is 26.7 Å². The lowest BCUT2D eigenvalue weighted by molar-refractivity contribution is -0.385. The first-order valence-electron chi connectivity index (χ1n) is 7.78. The van der Waals surface area contributed by atoms with E-state index >= 15 is 0 Å². The van der Waals surface area contributed by atoms with E-state index in [1.807, 2.05) is 0 Å². The van der Waals surface area contributed by atoms with E-state index in [2.05, 4.69) is 5.32 Å². The number of benzene rings is 1. The Morgan fingerprint density at radius 1 is 1.38 bits per heavy atom. The lowest BCUT2D eigenvalue weighted by Crippen LogP contribution is -2.42. The number of aryl methyl sites for hydroxylation is 1. The smallest absolute Gasteiger partial charge is 0.274 e. The fraction of sp³-hybridized carbons (Fsp3) is 0.533. The molecule has 2 rings (SSSR count). The van der Waals surface area contributed by atoms with E-state index in [1.54, 1.807) is 26.0 Å². The van der Waals surface area contributed by atoms with Crippen molar-refractivity contribution >= 4 is 27.3 Å². The second-order valence-corrected chi connectivity index (χ2v) is 8.08. The molecule has 0 unspecified atom stereocenters. The first-order chi connectivity index (χ1) is 11.2. The topological polar surface area (TPSA) is 110 Å². The molecule has 0 spiro atoms.